The smallest absolute Gasteiger partial charge is 0.273 e. The van der Waals surface area contributed by atoms with Gasteiger partial charge in [-0.25, -0.2) is 0 Å². The second-order valence-electron chi connectivity index (χ2n) is 7.82. The molecule has 1 aliphatic heterocycles. The summed E-state index contributed by atoms with van der Waals surface area (Å²) in [5.41, 5.74) is 2.28. The topological polar surface area (TPSA) is 82.5 Å². The van der Waals surface area contributed by atoms with E-state index in [2.05, 4.69) is 16.8 Å². The minimum absolute atomic E-state index is 0.00952. The first-order valence-corrected chi connectivity index (χ1v) is 10.9. The molecule has 162 valence electrons. The number of H-pyrrole nitrogens is 1. The Morgan fingerprint density at radius 2 is 1.90 bits per heavy atom. The van der Waals surface area contributed by atoms with Gasteiger partial charge in [0.1, 0.15) is 0 Å². The van der Waals surface area contributed by atoms with Crippen molar-refractivity contribution in [2.45, 2.75) is 19.3 Å². The molecule has 1 aliphatic rings. The van der Waals surface area contributed by atoms with Crippen molar-refractivity contribution in [3.63, 3.8) is 0 Å². The Morgan fingerprint density at radius 1 is 1.16 bits per heavy atom. The van der Waals surface area contributed by atoms with Crippen LogP contribution >= 0.6 is 11.6 Å². The van der Waals surface area contributed by atoms with E-state index in [1.807, 2.05) is 23.2 Å². The molecule has 0 bridgehead atoms. The number of fused-ring (bicyclic) bond motifs is 1. The first-order valence-electron chi connectivity index (χ1n) is 10.5. The number of aromatic nitrogens is 1. The highest BCUT2D eigenvalue weighted by Crippen LogP contribution is 2.38. The molecule has 0 radical (unpaired) electrons. The average Bonchev–Trinajstić information content (AvgIpc) is 3.20. The summed E-state index contributed by atoms with van der Waals surface area (Å²) < 4.78 is 0. The number of nitro benzene ring substituents is 1. The van der Waals surface area contributed by atoms with E-state index in [1.165, 1.54) is 6.07 Å². The summed E-state index contributed by atoms with van der Waals surface area (Å²) in [5.74, 6) is -0.444. The molecule has 0 saturated carbocycles. The fourth-order valence-corrected chi connectivity index (χ4v) is 4.53. The van der Waals surface area contributed by atoms with Gasteiger partial charge in [0.15, 0.2) is 0 Å². The number of para-hydroxylation sites is 1. The second-order valence-corrected chi connectivity index (χ2v) is 8.26. The Labute approximate surface area is 185 Å². The average molecular weight is 441 g/mol. The monoisotopic (exact) mass is 440 g/mol. The number of carbonyl (C=O) groups excluding carboxylic acids is 1. The fourth-order valence-electron chi connectivity index (χ4n) is 4.36. The van der Waals surface area contributed by atoms with E-state index in [0.29, 0.717) is 23.7 Å². The summed E-state index contributed by atoms with van der Waals surface area (Å²) in [4.78, 5) is 32.0. The number of hydrogen-bond donors (Lipinski definition) is 1. The van der Waals surface area contributed by atoms with Gasteiger partial charge in [-0.2, -0.15) is 0 Å². The van der Waals surface area contributed by atoms with Crippen LogP contribution in [0.5, 0.6) is 0 Å². The standard InChI is InChI=1S/C23H25ClN4O3/c1-2-26-9-11-27(12-10-26)23(29)14-18(17-5-3-4-6-22(17)28(30)31)20-15-25-21-8-7-16(24)13-19(20)21/h3-8,13,15,18,25H,2,9-12,14H2,1H3/t18-/m0/s1. The molecule has 0 unspecified atom stereocenters. The van der Waals surface area contributed by atoms with E-state index in [1.54, 1.807) is 24.3 Å². The maximum atomic E-state index is 13.3. The van der Waals surface area contributed by atoms with Crippen LogP contribution in [0.25, 0.3) is 10.9 Å². The molecule has 2 aromatic carbocycles. The van der Waals surface area contributed by atoms with Crippen LogP contribution in [0.4, 0.5) is 5.69 Å². The summed E-state index contributed by atoms with van der Waals surface area (Å²) in [6, 6.07) is 12.2. The van der Waals surface area contributed by atoms with Crippen LogP contribution in [0.2, 0.25) is 5.02 Å². The predicted molar refractivity (Wildman–Crippen MR) is 122 cm³/mol. The number of nitrogens with zero attached hydrogens (tertiary/aromatic N) is 3. The molecule has 1 atom stereocenters. The first kappa shape index (κ1) is 21.3. The number of benzene rings is 2. The first-order chi connectivity index (χ1) is 15.0. The van der Waals surface area contributed by atoms with Gasteiger partial charge in [-0.05, 0) is 30.3 Å². The molecule has 1 aromatic heterocycles. The quantitative estimate of drug-likeness (QED) is 0.454. The zero-order chi connectivity index (χ0) is 22.0. The second kappa shape index (κ2) is 9.08. The van der Waals surface area contributed by atoms with Crippen LogP contribution in [-0.2, 0) is 4.79 Å². The zero-order valence-electron chi connectivity index (χ0n) is 17.4. The molecule has 0 aliphatic carbocycles. The normalized spacial score (nSPS) is 15.9. The summed E-state index contributed by atoms with van der Waals surface area (Å²) in [6.07, 6.45) is 2.00. The third-order valence-electron chi connectivity index (χ3n) is 6.11. The Morgan fingerprint density at radius 3 is 2.61 bits per heavy atom. The van der Waals surface area contributed by atoms with Crippen LogP contribution in [-0.4, -0.2) is 58.3 Å². The number of carbonyl (C=O) groups is 1. The summed E-state index contributed by atoms with van der Waals surface area (Å²) in [7, 11) is 0. The van der Waals surface area contributed by atoms with Crippen LogP contribution in [0.1, 0.15) is 30.4 Å². The third-order valence-corrected chi connectivity index (χ3v) is 6.35. The number of nitro groups is 1. The van der Waals surface area contributed by atoms with Gasteiger partial charge in [0.25, 0.3) is 5.69 Å². The number of nitrogens with one attached hydrogen (secondary N) is 1. The molecule has 1 saturated heterocycles. The largest absolute Gasteiger partial charge is 0.361 e. The highest BCUT2D eigenvalue weighted by molar-refractivity contribution is 6.31. The summed E-state index contributed by atoms with van der Waals surface area (Å²) >= 11 is 6.23. The molecule has 0 spiro atoms. The Bertz CT molecular complexity index is 1110. The number of amides is 1. The van der Waals surface area contributed by atoms with E-state index >= 15 is 0 Å². The van der Waals surface area contributed by atoms with E-state index in [4.69, 9.17) is 11.6 Å². The SMILES string of the molecule is CCN1CCN(C(=O)C[C@@H](c2ccccc2[N+](=O)[O-])c2c[nH]c3ccc(Cl)cc23)CC1. The van der Waals surface area contributed by atoms with Crippen molar-refractivity contribution in [2.24, 2.45) is 0 Å². The fraction of sp³-hybridized carbons (Fsp3) is 0.348. The zero-order valence-corrected chi connectivity index (χ0v) is 18.1. The summed E-state index contributed by atoms with van der Waals surface area (Å²) in [5, 5.41) is 13.2. The van der Waals surface area contributed by atoms with E-state index in [9.17, 15) is 14.9 Å². The Balaban J connectivity index is 1.72. The lowest BCUT2D eigenvalue weighted by Crippen LogP contribution is -2.48. The van der Waals surface area contributed by atoms with Gasteiger partial charge in [-0.1, -0.05) is 36.7 Å². The van der Waals surface area contributed by atoms with Gasteiger partial charge in [0.2, 0.25) is 5.91 Å². The minimum atomic E-state index is -0.453. The predicted octanol–water partition coefficient (Wildman–Crippen LogP) is 4.42. The van der Waals surface area contributed by atoms with Crippen molar-refractivity contribution in [3.8, 4) is 0 Å². The van der Waals surface area contributed by atoms with E-state index in [0.717, 1.165) is 36.1 Å². The molecular weight excluding hydrogens is 416 g/mol. The molecule has 4 rings (SSSR count). The van der Waals surface area contributed by atoms with Gasteiger partial charge in [-0.15, -0.1) is 0 Å². The maximum Gasteiger partial charge on any atom is 0.273 e. The van der Waals surface area contributed by atoms with Crippen LogP contribution in [0, 0.1) is 10.1 Å². The minimum Gasteiger partial charge on any atom is -0.361 e. The van der Waals surface area contributed by atoms with Crippen molar-refractivity contribution in [1.29, 1.82) is 0 Å². The van der Waals surface area contributed by atoms with Gasteiger partial charge in [-0.3, -0.25) is 14.9 Å². The van der Waals surface area contributed by atoms with Gasteiger partial charge in [0.05, 0.1) is 4.92 Å². The summed E-state index contributed by atoms with van der Waals surface area (Å²) in [6.45, 7) is 6.13. The molecule has 2 heterocycles. The van der Waals surface area contributed by atoms with Gasteiger partial charge in [0, 0.05) is 72.3 Å². The molecule has 1 N–H and O–H groups in total. The van der Waals surface area contributed by atoms with Crippen molar-refractivity contribution < 1.29 is 9.72 Å². The molecule has 1 amide bonds. The van der Waals surface area contributed by atoms with Gasteiger partial charge < -0.3 is 14.8 Å². The van der Waals surface area contributed by atoms with Crippen molar-refractivity contribution in [3.05, 3.63) is 74.9 Å². The number of piperazine rings is 1. The van der Waals surface area contributed by atoms with Crippen LogP contribution in [0.3, 0.4) is 0 Å². The molecule has 7 nitrogen and oxygen atoms in total. The molecule has 8 heteroatoms. The van der Waals surface area contributed by atoms with E-state index in [-0.39, 0.29) is 22.9 Å². The third kappa shape index (κ3) is 4.43. The van der Waals surface area contributed by atoms with E-state index < -0.39 is 5.92 Å². The molecule has 3 aromatic rings. The van der Waals surface area contributed by atoms with Crippen LogP contribution < -0.4 is 0 Å². The number of halogens is 1. The van der Waals surface area contributed by atoms with Crippen molar-refractivity contribution in [2.75, 3.05) is 32.7 Å². The maximum absolute atomic E-state index is 13.3. The van der Waals surface area contributed by atoms with Crippen LogP contribution in [0.15, 0.2) is 48.7 Å². The molecule has 31 heavy (non-hydrogen) atoms. The molecule has 1 fully saturated rings. The number of rotatable bonds is 6. The highest BCUT2D eigenvalue weighted by atomic mass is 35.5. The number of hydrogen-bond acceptors (Lipinski definition) is 4. The lowest BCUT2D eigenvalue weighted by atomic mass is 9.86. The lowest BCUT2D eigenvalue weighted by Gasteiger charge is -2.34. The lowest BCUT2D eigenvalue weighted by molar-refractivity contribution is -0.385. The van der Waals surface area contributed by atoms with Crippen molar-refractivity contribution in [1.82, 2.24) is 14.8 Å². The number of aromatic amines is 1. The Kier molecular flexibility index (Phi) is 6.25. The van der Waals surface area contributed by atoms with Crippen molar-refractivity contribution >= 4 is 34.1 Å². The highest BCUT2D eigenvalue weighted by Gasteiger charge is 2.30. The van der Waals surface area contributed by atoms with Gasteiger partial charge >= 0.3 is 0 Å². The Hall–Kier alpha value is -2.90. The number of likely N-dealkylation sites (N-methyl/N-ethyl adjacent to an activating group) is 1. The molecular formula is C23H25ClN4O3.